The van der Waals surface area contributed by atoms with Crippen molar-refractivity contribution >= 4 is 0 Å². The number of hydrogen-bond acceptors (Lipinski definition) is 2. The van der Waals surface area contributed by atoms with E-state index in [-0.39, 0.29) is 5.54 Å². The molecule has 0 spiro atoms. The molecule has 2 rings (SSSR count). The fourth-order valence-electron chi connectivity index (χ4n) is 3.64. The molecule has 1 fully saturated rings. The lowest BCUT2D eigenvalue weighted by Gasteiger charge is -2.37. The van der Waals surface area contributed by atoms with E-state index in [1.807, 2.05) is 0 Å². The van der Waals surface area contributed by atoms with Gasteiger partial charge in [0.05, 0.1) is 0 Å². The van der Waals surface area contributed by atoms with Gasteiger partial charge in [-0.2, -0.15) is 0 Å². The minimum atomic E-state index is -0.163. The number of nitrogens with two attached hydrogens (primary N) is 1. The van der Waals surface area contributed by atoms with Crippen LogP contribution in [-0.4, -0.2) is 11.6 Å². The minimum Gasteiger partial charge on any atom is -0.490 e. The molecule has 1 aliphatic carbocycles. The van der Waals surface area contributed by atoms with Crippen molar-refractivity contribution in [1.82, 2.24) is 0 Å². The maximum absolute atomic E-state index is 6.35. The average molecular weight is 303 g/mol. The van der Waals surface area contributed by atoms with Crippen molar-refractivity contribution in [3.63, 3.8) is 0 Å². The second-order valence-electron chi connectivity index (χ2n) is 8.29. The van der Waals surface area contributed by atoms with Crippen LogP contribution < -0.4 is 10.5 Å². The third-order valence-electron chi connectivity index (χ3n) is 4.83. The zero-order valence-electron chi connectivity index (χ0n) is 14.9. The van der Waals surface area contributed by atoms with Gasteiger partial charge in [-0.15, -0.1) is 0 Å². The van der Waals surface area contributed by atoms with Crippen LogP contribution in [0.25, 0.3) is 0 Å². The summed E-state index contributed by atoms with van der Waals surface area (Å²) in [5, 5.41) is 0. The summed E-state index contributed by atoms with van der Waals surface area (Å²) in [5.74, 6) is 3.15. The molecule has 2 N–H and O–H groups in total. The lowest BCUT2D eigenvalue weighted by molar-refractivity contribution is 0.0460. The molecule has 22 heavy (non-hydrogen) atoms. The van der Waals surface area contributed by atoms with E-state index in [4.69, 9.17) is 10.5 Å². The van der Waals surface area contributed by atoms with Gasteiger partial charge in [-0.05, 0) is 68.6 Å². The van der Waals surface area contributed by atoms with Crippen molar-refractivity contribution in [1.29, 1.82) is 0 Å². The summed E-state index contributed by atoms with van der Waals surface area (Å²) in [6.07, 6.45) is 5.07. The highest BCUT2D eigenvalue weighted by Gasteiger charge is 2.32. The molecule has 1 aliphatic rings. The molecule has 0 bridgehead atoms. The monoisotopic (exact) mass is 303 g/mol. The van der Waals surface area contributed by atoms with E-state index in [0.29, 0.717) is 17.9 Å². The molecule has 2 heteroatoms. The van der Waals surface area contributed by atoms with Gasteiger partial charge < -0.3 is 10.5 Å². The standard InChI is InChI=1S/C20H33NO/c1-14(2)18-11-6-15(3)12-19(18)22-17-9-7-16(8-10-17)13-20(4,5)21/h7-10,14-15,18-19H,6,11-13,21H2,1-5H3. The van der Waals surface area contributed by atoms with Crippen molar-refractivity contribution in [3.8, 4) is 5.75 Å². The Morgan fingerprint density at radius 2 is 1.82 bits per heavy atom. The lowest BCUT2D eigenvalue weighted by Crippen LogP contribution is -2.36. The molecular formula is C20H33NO. The molecule has 0 amide bonds. The topological polar surface area (TPSA) is 35.2 Å². The first-order chi connectivity index (χ1) is 10.2. The van der Waals surface area contributed by atoms with Gasteiger partial charge in [-0.1, -0.05) is 39.3 Å². The van der Waals surface area contributed by atoms with Gasteiger partial charge in [0.25, 0.3) is 0 Å². The number of hydrogen-bond donors (Lipinski definition) is 1. The van der Waals surface area contributed by atoms with Gasteiger partial charge in [0.15, 0.2) is 0 Å². The van der Waals surface area contributed by atoms with Crippen LogP contribution in [0.2, 0.25) is 0 Å². The van der Waals surface area contributed by atoms with Crippen molar-refractivity contribution in [3.05, 3.63) is 29.8 Å². The fourth-order valence-corrected chi connectivity index (χ4v) is 3.64. The molecule has 0 aromatic heterocycles. The SMILES string of the molecule is CC1CCC(C(C)C)C(Oc2ccc(CC(C)(C)N)cc2)C1. The van der Waals surface area contributed by atoms with Crippen LogP contribution >= 0.6 is 0 Å². The van der Waals surface area contributed by atoms with Gasteiger partial charge in [0, 0.05) is 5.54 Å². The molecule has 0 aliphatic heterocycles. The quantitative estimate of drug-likeness (QED) is 0.847. The molecule has 0 radical (unpaired) electrons. The van der Waals surface area contributed by atoms with Gasteiger partial charge in [0.2, 0.25) is 0 Å². The minimum absolute atomic E-state index is 0.163. The van der Waals surface area contributed by atoms with Crippen LogP contribution in [0.1, 0.15) is 59.4 Å². The van der Waals surface area contributed by atoms with Crippen molar-refractivity contribution in [2.45, 2.75) is 71.9 Å². The summed E-state index contributed by atoms with van der Waals surface area (Å²) in [5.41, 5.74) is 7.20. The molecule has 1 saturated carbocycles. The van der Waals surface area contributed by atoms with Crippen LogP contribution in [0.5, 0.6) is 5.75 Å². The molecule has 2 nitrogen and oxygen atoms in total. The van der Waals surface area contributed by atoms with Crippen LogP contribution in [0.15, 0.2) is 24.3 Å². The average Bonchev–Trinajstić information content (AvgIpc) is 2.39. The number of rotatable bonds is 5. The van der Waals surface area contributed by atoms with Crippen molar-refractivity contribution in [2.24, 2.45) is 23.5 Å². The molecule has 1 aromatic rings. The summed E-state index contributed by atoms with van der Waals surface area (Å²) < 4.78 is 6.35. The van der Waals surface area contributed by atoms with Crippen molar-refractivity contribution < 1.29 is 4.74 Å². The predicted molar refractivity (Wildman–Crippen MR) is 94.2 cm³/mol. The fraction of sp³-hybridized carbons (Fsp3) is 0.700. The molecule has 3 unspecified atom stereocenters. The van der Waals surface area contributed by atoms with E-state index < -0.39 is 0 Å². The summed E-state index contributed by atoms with van der Waals surface area (Å²) in [6, 6.07) is 8.52. The Balaban J connectivity index is 2.02. The maximum atomic E-state index is 6.35. The second kappa shape index (κ2) is 7.04. The van der Waals surface area contributed by atoms with Crippen LogP contribution in [0.3, 0.4) is 0 Å². The van der Waals surface area contributed by atoms with E-state index in [2.05, 4.69) is 58.9 Å². The van der Waals surface area contributed by atoms with Crippen LogP contribution in [0.4, 0.5) is 0 Å². The van der Waals surface area contributed by atoms with Crippen molar-refractivity contribution in [2.75, 3.05) is 0 Å². The Kier molecular flexibility index (Phi) is 5.55. The van der Waals surface area contributed by atoms with E-state index in [1.165, 1.54) is 24.8 Å². The zero-order chi connectivity index (χ0) is 16.3. The first-order valence-electron chi connectivity index (χ1n) is 8.79. The van der Waals surface area contributed by atoms with Gasteiger partial charge >= 0.3 is 0 Å². The van der Waals surface area contributed by atoms with E-state index in [0.717, 1.165) is 18.1 Å². The smallest absolute Gasteiger partial charge is 0.119 e. The lowest BCUT2D eigenvalue weighted by atomic mass is 9.75. The third kappa shape index (κ3) is 5.01. The highest BCUT2D eigenvalue weighted by Crippen LogP contribution is 2.36. The molecule has 0 saturated heterocycles. The summed E-state index contributed by atoms with van der Waals surface area (Å²) in [4.78, 5) is 0. The highest BCUT2D eigenvalue weighted by molar-refractivity contribution is 5.28. The van der Waals surface area contributed by atoms with Crippen LogP contribution in [-0.2, 0) is 6.42 Å². The molecule has 3 atom stereocenters. The highest BCUT2D eigenvalue weighted by atomic mass is 16.5. The van der Waals surface area contributed by atoms with Gasteiger partial charge in [-0.25, -0.2) is 0 Å². The third-order valence-corrected chi connectivity index (χ3v) is 4.83. The Bertz CT molecular complexity index is 458. The van der Waals surface area contributed by atoms with E-state index in [9.17, 15) is 0 Å². The van der Waals surface area contributed by atoms with Crippen LogP contribution in [0, 0.1) is 17.8 Å². The number of benzene rings is 1. The second-order valence-corrected chi connectivity index (χ2v) is 8.29. The van der Waals surface area contributed by atoms with E-state index in [1.54, 1.807) is 0 Å². The van der Waals surface area contributed by atoms with Gasteiger partial charge in [-0.3, -0.25) is 0 Å². The largest absolute Gasteiger partial charge is 0.490 e. The molecule has 0 heterocycles. The normalized spacial score (nSPS) is 26.2. The zero-order valence-corrected chi connectivity index (χ0v) is 14.9. The Morgan fingerprint density at radius 3 is 2.36 bits per heavy atom. The molecule has 1 aromatic carbocycles. The van der Waals surface area contributed by atoms with E-state index >= 15 is 0 Å². The summed E-state index contributed by atoms with van der Waals surface area (Å²) in [7, 11) is 0. The van der Waals surface area contributed by atoms with Gasteiger partial charge in [0.1, 0.15) is 11.9 Å². The first-order valence-corrected chi connectivity index (χ1v) is 8.79. The Labute approximate surface area is 136 Å². The first kappa shape index (κ1) is 17.3. The number of ether oxygens (including phenoxy) is 1. The summed E-state index contributed by atoms with van der Waals surface area (Å²) in [6.45, 7) is 11.1. The summed E-state index contributed by atoms with van der Waals surface area (Å²) >= 11 is 0. The predicted octanol–water partition coefficient (Wildman–Crippen LogP) is 4.81. The Hall–Kier alpha value is -1.02. The molecular weight excluding hydrogens is 270 g/mol. The molecule has 124 valence electrons. The Morgan fingerprint density at radius 1 is 1.18 bits per heavy atom. The maximum Gasteiger partial charge on any atom is 0.119 e.